The number of rotatable bonds is 10. The number of methoxy groups -OCH3 is 2. The zero-order chi connectivity index (χ0) is 14.7. The molecule has 0 heterocycles. The van der Waals surface area contributed by atoms with Crippen LogP contribution in [-0.2, 0) is 14.3 Å². The quantitative estimate of drug-likeness (QED) is 0.448. The summed E-state index contributed by atoms with van der Waals surface area (Å²) < 4.78 is 9.78. The molecule has 0 spiro atoms. The van der Waals surface area contributed by atoms with Crippen molar-refractivity contribution in [2.24, 2.45) is 0 Å². The van der Waals surface area contributed by atoms with E-state index in [2.05, 4.69) is 5.32 Å². The van der Waals surface area contributed by atoms with Gasteiger partial charge in [0.15, 0.2) is 6.04 Å². The standard InChI is InChI=1S/C11H22N2O6/c1-18-6-3-4-13(5-7-19-2)11(17)12-9(8-14)10(15)16/h9,14H,3-8H2,1-2H3,(H,12,17)(H,15,16)/t9-/m0/s1. The van der Waals surface area contributed by atoms with E-state index in [1.165, 1.54) is 12.0 Å². The van der Waals surface area contributed by atoms with Crippen LogP contribution in [-0.4, -0.2) is 80.3 Å². The molecular weight excluding hydrogens is 256 g/mol. The molecule has 0 unspecified atom stereocenters. The van der Waals surface area contributed by atoms with E-state index in [1.807, 2.05) is 0 Å². The van der Waals surface area contributed by atoms with Crippen LogP contribution in [0.15, 0.2) is 0 Å². The molecule has 0 bridgehead atoms. The Kier molecular flexibility index (Phi) is 9.77. The van der Waals surface area contributed by atoms with Crippen LogP contribution < -0.4 is 5.32 Å². The summed E-state index contributed by atoms with van der Waals surface area (Å²) >= 11 is 0. The average Bonchev–Trinajstić information content (AvgIpc) is 2.39. The van der Waals surface area contributed by atoms with Gasteiger partial charge in [-0.25, -0.2) is 9.59 Å². The predicted octanol–water partition coefficient (Wildman–Crippen LogP) is -0.874. The van der Waals surface area contributed by atoms with Gasteiger partial charge in [-0.3, -0.25) is 0 Å². The predicted molar refractivity (Wildman–Crippen MR) is 67.0 cm³/mol. The highest BCUT2D eigenvalue weighted by Gasteiger charge is 2.22. The number of amides is 2. The summed E-state index contributed by atoms with van der Waals surface area (Å²) in [4.78, 5) is 24.0. The molecule has 0 aliphatic carbocycles. The second-order valence-electron chi connectivity index (χ2n) is 3.85. The lowest BCUT2D eigenvalue weighted by Gasteiger charge is -2.24. The summed E-state index contributed by atoms with van der Waals surface area (Å²) in [5, 5.41) is 19.9. The van der Waals surface area contributed by atoms with Gasteiger partial charge >= 0.3 is 12.0 Å². The summed E-state index contributed by atoms with van der Waals surface area (Å²) in [6.45, 7) is 0.943. The van der Waals surface area contributed by atoms with E-state index in [0.717, 1.165) is 0 Å². The van der Waals surface area contributed by atoms with E-state index in [4.69, 9.17) is 19.7 Å². The molecule has 2 amide bonds. The Balaban J connectivity index is 4.37. The Morgan fingerprint density at radius 1 is 1.21 bits per heavy atom. The summed E-state index contributed by atoms with van der Waals surface area (Å²) in [5.41, 5.74) is 0. The molecule has 1 atom stereocenters. The molecule has 0 saturated carbocycles. The van der Waals surface area contributed by atoms with E-state index < -0.39 is 24.6 Å². The minimum atomic E-state index is -1.31. The number of nitrogens with one attached hydrogen (secondary N) is 1. The Morgan fingerprint density at radius 2 is 1.84 bits per heavy atom. The SMILES string of the molecule is COCCCN(CCOC)C(=O)N[C@@H](CO)C(=O)O. The summed E-state index contributed by atoms with van der Waals surface area (Å²) in [6, 6.07) is -1.85. The lowest BCUT2D eigenvalue weighted by molar-refractivity contribution is -0.140. The fourth-order valence-electron chi connectivity index (χ4n) is 1.34. The maximum absolute atomic E-state index is 11.9. The highest BCUT2D eigenvalue weighted by molar-refractivity contribution is 5.82. The monoisotopic (exact) mass is 278 g/mol. The fourth-order valence-corrected chi connectivity index (χ4v) is 1.34. The van der Waals surface area contributed by atoms with Crippen LogP contribution in [0.5, 0.6) is 0 Å². The van der Waals surface area contributed by atoms with Crippen molar-refractivity contribution >= 4 is 12.0 Å². The Morgan fingerprint density at radius 3 is 2.32 bits per heavy atom. The van der Waals surface area contributed by atoms with Gasteiger partial charge in [-0.15, -0.1) is 0 Å². The van der Waals surface area contributed by atoms with E-state index in [0.29, 0.717) is 32.7 Å². The van der Waals surface area contributed by atoms with E-state index in [1.54, 1.807) is 7.11 Å². The number of hydrogen-bond donors (Lipinski definition) is 3. The Hall–Kier alpha value is -1.38. The number of urea groups is 1. The van der Waals surface area contributed by atoms with Gasteiger partial charge < -0.3 is 29.9 Å². The van der Waals surface area contributed by atoms with Crippen molar-refractivity contribution in [1.29, 1.82) is 0 Å². The third-order valence-corrected chi connectivity index (χ3v) is 2.41. The minimum Gasteiger partial charge on any atom is -0.480 e. The molecule has 8 nitrogen and oxygen atoms in total. The van der Waals surface area contributed by atoms with Crippen LogP contribution in [0.1, 0.15) is 6.42 Å². The molecule has 0 aromatic carbocycles. The number of nitrogens with zero attached hydrogens (tertiary/aromatic N) is 1. The van der Waals surface area contributed by atoms with Gasteiger partial charge in [-0.2, -0.15) is 0 Å². The second-order valence-corrected chi connectivity index (χ2v) is 3.85. The van der Waals surface area contributed by atoms with Crippen LogP contribution in [0, 0.1) is 0 Å². The van der Waals surface area contributed by atoms with E-state index >= 15 is 0 Å². The summed E-state index contributed by atoms with van der Waals surface area (Å²) in [5.74, 6) is -1.28. The number of hydrogen-bond acceptors (Lipinski definition) is 5. The molecule has 0 radical (unpaired) electrons. The van der Waals surface area contributed by atoms with Gasteiger partial charge in [0.05, 0.1) is 13.2 Å². The van der Waals surface area contributed by atoms with Gasteiger partial charge in [-0.05, 0) is 6.42 Å². The molecule has 0 aromatic rings. The first kappa shape index (κ1) is 17.6. The Bertz CT molecular complexity index is 274. The zero-order valence-electron chi connectivity index (χ0n) is 11.3. The summed E-state index contributed by atoms with van der Waals surface area (Å²) in [7, 11) is 3.07. The first-order valence-electron chi connectivity index (χ1n) is 5.93. The molecule has 0 aliphatic rings. The van der Waals surface area contributed by atoms with Crippen molar-refractivity contribution in [2.75, 3.05) is 47.1 Å². The molecule has 3 N–H and O–H groups in total. The molecule has 112 valence electrons. The van der Waals surface area contributed by atoms with Crippen molar-refractivity contribution in [3.05, 3.63) is 0 Å². The molecule has 0 rings (SSSR count). The molecule has 0 saturated heterocycles. The van der Waals surface area contributed by atoms with Gasteiger partial charge in [0.1, 0.15) is 0 Å². The average molecular weight is 278 g/mol. The van der Waals surface area contributed by atoms with Crippen LogP contribution in [0.4, 0.5) is 4.79 Å². The number of carboxylic acids is 1. The first-order chi connectivity index (χ1) is 9.06. The van der Waals surface area contributed by atoms with Crippen molar-refractivity contribution in [3.8, 4) is 0 Å². The number of aliphatic hydroxyl groups excluding tert-OH is 1. The smallest absolute Gasteiger partial charge is 0.328 e. The highest BCUT2D eigenvalue weighted by atomic mass is 16.5. The largest absolute Gasteiger partial charge is 0.480 e. The lowest BCUT2D eigenvalue weighted by Crippen LogP contribution is -2.50. The molecule has 0 aliphatic heterocycles. The van der Waals surface area contributed by atoms with Gasteiger partial charge in [-0.1, -0.05) is 0 Å². The van der Waals surface area contributed by atoms with Crippen LogP contribution in [0.3, 0.4) is 0 Å². The number of ether oxygens (including phenoxy) is 2. The van der Waals surface area contributed by atoms with E-state index in [9.17, 15) is 9.59 Å². The summed E-state index contributed by atoms with van der Waals surface area (Å²) in [6.07, 6.45) is 0.629. The molecule has 0 fully saturated rings. The van der Waals surface area contributed by atoms with Gasteiger partial charge in [0.2, 0.25) is 0 Å². The van der Waals surface area contributed by atoms with Crippen molar-refractivity contribution < 1.29 is 29.3 Å². The lowest BCUT2D eigenvalue weighted by atomic mass is 10.3. The number of carbonyl (C=O) groups excluding carboxylic acids is 1. The number of carbonyl (C=O) groups is 2. The molecule has 0 aromatic heterocycles. The van der Waals surface area contributed by atoms with Crippen LogP contribution in [0.25, 0.3) is 0 Å². The van der Waals surface area contributed by atoms with E-state index in [-0.39, 0.29) is 0 Å². The van der Waals surface area contributed by atoms with Gasteiger partial charge in [0.25, 0.3) is 0 Å². The topological polar surface area (TPSA) is 108 Å². The molecular formula is C11H22N2O6. The normalized spacial score (nSPS) is 11.9. The van der Waals surface area contributed by atoms with Crippen molar-refractivity contribution in [1.82, 2.24) is 10.2 Å². The molecule has 8 heteroatoms. The maximum Gasteiger partial charge on any atom is 0.328 e. The van der Waals surface area contributed by atoms with Crippen LogP contribution in [0.2, 0.25) is 0 Å². The zero-order valence-corrected chi connectivity index (χ0v) is 11.3. The Labute approximate surface area is 112 Å². The third-order valence-electron chi connectivity index (χ3n) is 2.41. The van der Waals surface area contributed by atoms with Crippen LogP contribution >= 0.6 is 0 Å². The molecule has 19 heavy (non-hydrogen) atoms. The highest BCUT2D eigenvalue weighted by Crippen LogP contribution is 1.96. The third kappa shape index (κ3) is 7.60. The second kappa shape index (κ2) is 10.5. The maximum atomic E-state index is 11.9. The number of aliphatic hydroxyl groups is 1. The minimum absolute atomic E-state index is 0.337. The fraction of sp³-hybridized carbons (Fsp3) is 0.818. The number of aliphatic carboxylic acids is 1. The number of carboxylic acid groups (broad SMARTS) is 1. The van der Waals surface area contributed by atoms with Crippen molar-refractivity contribution in [2.45, 2.75) is 12.5 Å². The van der Waals surface area contributed by atoms with Crippen molar-refractivity contribution in [3.63, 3.8) is 0 Å². The first-order valence-corrected chi connectivity index (χ1v) is 5.93. The van der Waals surface area contributed by atoms with Gasteiger partial charge in [0, 0.05) is 33.9 Å².